The lowest BCUT2D eigenvalue weighted by Crippen LogP contribution is -2.20. The van der Waals surface area contributed by atoms with Crippen molar-refractivity contribution in [2.45, 2.75) is 40.3 Å². The quantitative estimate of drug-likeness (QED) is 0.900. The zero-order valence-corrected chi connectivity index (χ0v) is 11.3. The number of nitrogens with one attached hydrogen (secondary N) is 1. The van der Waals surface area contributed by atoms with Gasteiger partial charge in [0.15, 0.2) is 5.82 Å². The molecule has 0 spiro atoms. The fraction of sp³-hybridized carbons (Fsp3) is 0.429. The molecule has 1 N–H and O–H groups in total. The number of aromatic nitrogens is 2. The Labute approximate surface area is 107 Å². The van der Waals surface area contributed by atoms with Crippen molar-refractivity contribution >= 4 is 0 Å². The predicted molar refractivity (Wildman–Crippen MR) is 70.2 cm³/mol. The van der Waals surface area contributed by atoms with Crippen LogP contribution in [-0.2, 0) is 6.54 Å². The average molecular weight is 245 g/mol. The third-order valence-electron chi connectivity index (χ3n) is 3.14. The number of rotatable bonds is 4. The lowest BCUT2D eigenvalue weighted by molar-refractivity contribution is 0.405. The summed E-state index contributed by atoms with van der Waals surface area (Å²) in [4.78, 5) is 4.00. The van der Waals surface area contributed by atoms with Gasteiger partial charge in [0.1, 0.15) is 0 Å². The van der Waals surface area contributed by atoms with Gasteiger partial charge in [0, 0.05) is 6.04 Å². The van der Waals surface area contributed by atoms with Crippen molar-refractivity contribution < 1.29 is 4.52 Å². The Morgan fingerprint density at radius 1 is 1.22 bits per heavy atom. The Kier molecular flexibility index (Phi) is 3.77. The van der Waals surface area contributed by atoms with Gasteiger partial charge in [0.2, 0.25) is 6.39 Å². The molecule has 0 fully saturated rings. The Morgan fingerprint density at radius 3 is 2.44 bits per heavy atom. The summed E-state index contributed by atoms with van der Waals surface area (Å²) in [6.07, 6.45) is 1.35. The maximum absolute atomic E-state index is 4.71. The van der Waals surface area contributed by atoms with Crippen LogP contribution in [0.15, 0.2) is 23.0 Å². The number of nitrogens with zero attached hydrogens (tertiary/aromatic N) is 2. The highest BCUT2D eigenvalue weighted by Crippen LogP contribution is 2.23. The molecule has 0 aliphatic carbocycles. The molecular formula is C14H19N3O. The second kappa shape index (κ2) is 5.31. The van der Waals surface area contributed by atoms with Crippen molar-refractivity contribution in [1.29, 1.82) is 0 Å². The van der Waals surface area contributed by atoms with E-state index in [9.17, 15) is 0 Å². The molecule has 96 valence electrons. The van der Waals surface area contributed by atoms with Crippen LogP contribution in [0.3, 0.4) is 0 Å². The zero-order chi connectivity index (χ0) is 13.1. The standard InChI is InChI=1S/C14H19N3O/c1-9-5-10(2)14(11(3)6-9)12(4)15-7-13-16-8-18-17-13/h5-6,8,12,15H,7H2,1-4H3. The normalized spacial score (nSPS) is 12.7. The Morgan fingerprint density at radius 2 is 1.89 bits per heavy atom. The average Bonchev–Trinajstić information content (AvgIpc) is 2.77. The molecule has 0 aliphatic heterocycles. The van der Waals surface area contributed by atoms with Crippen molar-refractivity contribution in [1.82, 2.24) is 15.5 Å². The molecule has 0 amide bonds. The van der Waals surface area contributed by atoms with Crippen molar-refractivity contribution in [3.8, 4) is 0 Å². The number of hydrogen-bond donors (Lipinski definition) is 1. The fourth-order valence-electron chi connectivity index (χ4n) is 2.49. The topological polar surface area (TPSA) is 51.0 Å². The first kappa shape index (κ1) is 12.8. The van der Waals surface area contributed by atoms with E-state index in [0.717, 1.165) is 0 Å². The Hall–Kier alpha value is -1.68. The SMILES string of the molecule is Cc1cc(C)c(C(C)NCc2ncon2)c(C)c1. The Bertz CT molecular complexity index is 497. The highest BCUT2D eigenvalue weighted by molar-refractivity contribution is 5.39. The molecule has 18 heavy (non-hydrogen) atoms. The van der Waals surface area contributed by atoms with Gasteiger partial charge in [-0.05, 0) is 44.4 Å². The molecule has 0 radical (unpaired) electrons. The van der Waals surface area contributed by atoms with Crippen molar-refractivity contribution in [3.05, 3.63) is 46.6 Å². The first-order valence-electron chi connectivity index (χ1n) is 6.14. The smallest absolute Gasteiger partial charge is 0.213 e. The van der Waals surface area contributed by atoms with E-state index in [1.165, 1.54) is 28.6 Å². The lowest BCUT2D eigenvalue weighted by atomic mass is 9.95. The second-order valence-corrected chi connectivity index (χ2v) is 4.76. The first-order chi connectivity index (χ1) is 8.58. The van der Waals surface area contributed by atoms with Gasteiger partial charge in [0.05, 0.1) is 6.54 Å². The van der Waals surface area contributed by atoms with E-state index in [0.29, 0.717) is 12.4 Å². The van der Waals surface area contributed by atoms with Gasteiger partial charge < -0.3 is 9.84 Å². The summed E-state index contributed by atoms with van der Waals surface area (Å²) in [5, 5.41) is 7.21. The lowest BCUT2D eigenvalue weighted by Gasteiger charge is -2.19. The van der Waals surface area contributed by atoms with E-state index < -0.39 is 0 Å². The third kappa shape index (κ3) is 2.76. The molecule has 1 aromatic carbocycles. The zero-order valence-electron chi connectivity index (χ0n) is 11.3. The minimum atomic E-state index is 0.268. The second-order valence-electron chi connectivity index (χ2n) is 4.76. The number of benzene rings is 1. The van der Waals surface area contributed by atoms with E-state index in [1.54, 1.807) is 0 Å². The summed E-state index contributed by atoms with van der Waals surface area (Å²) in [6.45, 7) is 9.21. The molecule has 1 aromatic heterocycles. The molecule has 4 heteroatoms. The predicted octanol–water partition coefficient (Wildman–Crippen LogP) is 2.85. The molecule has 1 unspecified atom stereocenters. The highest BCUT2D eigenvalue weighted by atomic mass is 16.5. The molecule has 1 heterocycles. The van der Waals surface area contributed by atoms with Crippen LogP contribution < -0.4 is 5.32 Å². The molecule has 0 saturated carbocycles. The molecule has 0 aliphatic rings. The van der Waals surface area contributed by atoms with Gasteiger partial charge in [-0.3, -0.25) is 0 Å². The fourth-order valence-corrected chi connectivity index (χ4v) is 2.49. The van der Waals surface area contributed by atoms with Gasteiger partial charge in [-0.2, -0.15) is 4.98 Å². The van der Waals surface area contributed by atoms with Gasteiger partial charge in [0.25, 0.3) is 0 Å². The summed E-state index contributed by atoms with van der Waals surface area (Å²) in [5.74, 6) is 0.685. The van der Waals surface area contributed by atoms with Crippen molar-refractivity contribution in [3.63, 3.8) is 0 Å². The van der Waals surface area contributed by atoms with E-state index >= 15 is 0 Å². The Balaban J connectivity index is 2.11. The van der Waals surface area contributed by atoms with E-state index in [4.69, 9.17) is 4.52 Å². The van der Waals surface area contributed by atoms with Gasteiger partial charge in [-0.25, -0.2) is 0 Å². The van der Waals surface area contributed by atoms with Crippen LogP contribution in [0.2, 0.25) is 0 Å². The van der Waals surface area contributed by atoms with Crippen LogP contribution in [0.5, 0.6) is 0 Å². The third-order valence-corrected chi connectivity index (χ3v) is 3.14. The van der Waals surface area contributed by atoms with Crippen LogP contribution in [0.1, 0.15) is 41.0 Å². The summed E-state index contributed by atoms with van der Waals surface area (Å²) in [6, 6.07) is 4.70. The summed E-state index contributed by atoms with van der Waals surface area (Å²) in [7, 11) is 0. The number of aryl methyl sites for hydroxylation is 3. The van der Waals surface area contributed by atoms with Gasteiger partial charge in [-0.1, -0.05) is 22.9 Å². The molecular weight excluding hydrogens is 226 g/mol. The minimum Gasteiger partial charge on any atom is -0.343 e. The highest BCUT2D eigenvalue weighted by Gasteiger charge is 2.12. The van der Waals surface area contributed by atoms with E-state index in [1.807, 2.05) is 0 Å². The maximum Gasteiger partial charge on any atom is 0.213 e. The molecule has 2 rings (SSSR count). The van der Waals surface area contributed by atoms with Gasteiger partial charge in [-0.15, -0.1) is 0 Å². The summed E-state index contributed by atoms with van der Waals surface area (Å²) in [5.41, 5.74) is 5.30. The summed E-state index contributed by atoms with van der Waals surface area (Å²) >= 11 is 0. The van der Waals surface area contributed by atoms with Crippen LogP contribution in [0.25, 0.3) is 0 Å². The molecule has 0 saturated heterocycles. The van der Waals surface area contributed by atoms with Crippen LogP contribution in [0, 0.1) is 20.8 Å². The number of hydrogen-bond acceptors (Lipinski definition) is 4. The summed E-state index contributed by atoms with van der Waals surface area (Å²) < 4.78 is 4.71. The van der Waals surface area contributed by atoms with Crippen LogP contribution in [-0.4, -0.2) is 10.1 Å². The monoisotopic (exact) mass is 245 g/mol. The van der Waals surface area contributed by atoms with Crippen molar-refractivity contribution in [2.75, 3.05) is 0 Å². The first-order valence-corrected chi connectivity index (χ1v) is 6.14. The van der Waals surface area contributed by atoms with Crippen LogP contribution in [0.4, 0.5) is 0 Å². The molecule has 1 atom stereocenters. The van der Waals surface area contributed by atoms with Crippen molar-refractivity contribution in [2.24, 2.45) is 0 Å². The van der Waals surface area contributed by atoms with E-state index in [2.05, 4.69) is 55.3 Å². The molecule has 2 aromatic rings. The molecule has 4 nitrogen and oxygen atoms in total. The van der Waals surface area contributed by atoms with Gasteiger partial charge >= 0.3 is 0 Å². The largest absolute Gasteiger partial charge is 0.343 e. The van der Waals surface area contributed by atoms with Crippen LogP contribution >= 0.6 is 0 Å². The minimum absolute atomic E-state index is 0.268. The molecule has 0 bridgehead atoms. The van der Waals surface area contributed by atoms with E-state index in [-0.39, 0.29) is 6.04 Å². The maximum atomic E-state index is 4.71.